The van der Waals surface area contributed by atoms with Crippen LogP contribution in [0.2, 0.25) is 0 Å². The van der Waals surface area contributed by atoms with Crippen LogP contribution in [0, 0.1) is 5.92 Å². The summed E-state index contributed by atoms with van der Waals surface area (Å²) in [5.74, 6) is -0.736. The monoisotopic (exact) mass is 240 g/mol. The molecule has 17 heavy (non-hydrogen) atoms. The molecule has 0 radical (unpaired) electrons. The molecule has 0 spiro atoms. The number of hydrogen-bond donors (Lipinski definition) is 2. The van der Waals surface area contributed by atoms with Crippen LogP contribution < -0.4 is 5.32 Å². The smallest absolute Gasteiger partial charge is 0.306 e. The average Bonchev–Trinajstić information content (AvgIpc) is 2.29. The van der Waals surface area contributed by atoms with E-state index in [-0.39, 0.29) is 5.92 Å². The van der Waals surface area contributed by atoms with E-state index in [0.717, 1.165) is 32.2 Å². The lowest BCUT2D eigenvalue weighted by atomic mass is 9.85. The fraction of sp³-hybridized carbons (Fsp3) is 0.923. The van der Waals surface area contributed by atoms with Gasteiger partial charge in [-0.3, -0.25) is 4.79 Å². The van der Waals surface area contributed by atoms with E-state index in [0.29, 0.717) is 12.1 Å². The van der Waals surface area contributed by atoms with Crippen LogP contribution in [-0.2, 0) is 4.79 Å². The van der Waals surface area contributed by atoms with Crippen molar-refractivity contribution in [3.63, 3.8) is 0 Å². The maximum Gasteiger partial charge on any atom is 0.306 e. The highest BCUT2D eigenvalue weighted by Crippen LogP contribution is 2.25. The van der Waals surface area contributed by atoms with Gasteiger partial charge in [0, 0.05) is 18.6 Å². The van der Waals surface area contributed by atoms with E-state index in [9.17, 15) is 4.79 Å². The molecule has 0 aromatic rings. The van der Waals surface area contributed by atoms with E-state index in [2.05, 4.69) is 17.3 Å². The first kappa shape index (κ1) is 12.8. The molecule has 2 N–H and O–H groups in total. The Morgan fingerprint density at radius 1 is 1.24 bits per heavy atom. The third-order valence-electron chi connectivity index (χ3n) is 4.12. The number of hydrogen-bond acceptors (Lipinski definition) is 3. The van der Waals surface area contributed by atoms with Gasteiger partial charge in [0.1, 0.15) is 0 Å². The number of aliphatic carboxylic acids is 1. The molecular formula is C13H24N2O2. The summed E-state index contributed by atoms with van der Waals surface area (Å²) >= 11 is 0. The summed E-state index contributed by atoms with van der Waals surface area (Å²) in [5.41, 5.74) is 0. The first-order valence-corrected chi connectivity index (χ1v) is 6.82. The zero-order valence-electron chi connectivity index (χ0n) is 10.7. The number of piperidine rings is 1. The number of carboxylic acid groups (broad SMARTS) is 1. The minimum absolute atomic E-state index is 0.123. The first-order valence-electron chi connectivity index (χ1n) is 6.82. The van der Waals surface area contributed by atoms with E-state index in [4.69, 9.17) is 5.11 Å². The lowest BCUT2D eigenvalue weighted by Gasteiger charge is -2.35. The molecule has 1 saturated heterocycles. The standard InChI is InChI=1S/C13H24N2O2/c1-15-7-3-6-12(9-15)14-11-5-2-4-10(8-11)13(16)17/h10-12,14H,2-9H2,1H3,(H,16,17). The van der Waals surface area contributed by atoms with Gasteiger partial charge in [0.15, 0.2) is 0 Å². The van der Waals surface area contributed by atoms with Crippen LogP contribution in [0.4, 0.5) is 0 Å². The normalized spacial score (nSPS) is 35.7. The molecule has 3 unspecified atom stereocenters. The van der Waals surface area contributed by atoms with Gasteiger partial charge in [0.05, 0.1) is 5.92 Å². The molecule has 4 nitrogen and oxygen atoms in total. The van der Waals surface area contributed by atoms with Crippen molar-refractivity contribution < 1.29 is 9.90 Å². The number of nitrogens with one attached hydrogen (secondary N) is 1. The fourth-order valence-electron chi connectivity index (χ4n) is 3.20. The summed E-state index contributed by atoms with van der Waals surface area (Å²) in [6.45, 7) is 2.30. The minimum Gasteiger partial charge on any atom is -0.481 e. The van der Waals surface area contributed by atoms with Gasteiger partial charge in [-0.2, -0.15) is 0 Å². The molecule has 1 aliphatic heterocycles. The quantitative estimate of drug-likeness (QED) is 0.781. The molecule has 98 valence electrons. The van der Waals surface area contributed by atoms with Crippen molar-refractivity contribution >= 4 is 5.97 Å². The van der Waals surface area contributed by atoms with Crippen LogP contribution in [0.3, 0.4) is 0 Å². The van der Waals surface area contributed by atoms with E-state index in [1.165, 1.54) is 19.4 Å². The summed E-state index contributed by atoms with van der Waals surface area (Å²) in [5, 5.41) is 12.7. The number of likely N-dealkylation sites (N-methyl/N-ethyl adjacent to an activating group) is 1. The van der Waals surface area contributed by atoms with Crippen LogP contribution >= 0.6 is 0 Å². The highest BCUT2D eigenvalue weighted by Gasteiger charge is 2.28. The molecular weight excluding hydrogens is 216 g/mol. The summed E-state index contributed by atoms with van der Waals surface area (Å²) in [7, 11) is 2.16. The maximum atomic E-state index is 11.0. The molecule has 2 aliphatic rings. The summed E-state index contributed by atoms with van der Waals surface area (Å²) in [4.78, 5) is 13.4. The zero-order chi connectivity index (χ0) is 12.3. The first-order chi connectivity index (χ1) is 8.15. The Morgan fingerprint density at radius 3 is 2.71 bits per heavy atom. The van der Waals surface area contributed by atoms with Crippen molar-refractivity contribution in [2.45, 2.75) is 50.6 Å². The molecule has 1 saturated carbocycles. The van der Waals surface area contributed by atoms with Gasteiger partial charge in [-0.15, -0.1) is 0 Å². The molecule has 2 rings (SSSR count). The van der Waals surface area contributed by atoms with Crippen molar-refractivity contribution in [3.05, 3.63) is 0 Å². The largest absolute Gasteiger partial charge is 0.481 e. The average molecular weight is 240 g/mol. The van der Waals surface area contributed by atoms with Gasteiger partial charge < -0.3 is 15.3 Å². The summed E-state index contributed by atoms with van der Waals surface area (Å²) in [6.07, 6.45) is 6.36. The van der Waals surface area contributed by atoms with Crippen LogP contribution in [-0.4, -0.2) is 48.2 Å². The van der Waals surface area contributed by atoms with E-state index in [1.807, 2.05) is 0 Å². The Morgan fingerprint density at radius 2 is 2.00 bits per heavy atom. The molecule has 2 fully saturated rings. The second-order valence-electron chi connectivity index (χ2n) is 5.67. The highest BCUT2D eigenvalue weighted by molar-refractivity contribution is 5.70. The SMILES string of the molecule is CN1CCCC(NC2CCCC(C(=O)O)C2)C1. The Bertz CT molecular complexity index is 270. The molecule has 0 bridgehead atoms. The van der Waals surface area contributed by atoms with Crippen LogP contribution in [0.15, 0.2) is 0 Å². The van der Waals surface area contributed by atoms with Crippen molar-refractivity contribution in [2.24, 2.45) is 5.92 Å². The number of carboxylic acids is 1. The van der Waals surface area contributed by atoms with Gasteiger partial charge in [-0.05, 0) is 45.7 Å². The number of nitrogens with zero attached hydrogens (tertiary/aromatic N) is 1. The topological polar surface area (TPSA) is 52.6 Å². The highest BCUT2D eigenvalue weighted by atomic mass is 16.4. The fourth-order valence-corrected chi connectivity index (χ4v) is 3.20. The predicted octanol–water partition coefficient (Wildman–Crippen LogP) is 1.31. The van der Waals surface area contributed by atoms with Crippen molar-refractivity contribution in [3.8, 4) is 0 Å². The van der Waals surface area contributed by atoms with Gasteiger partial charge in [0.25, 0.3) is 0 Å². The summed E-state index contributed by atoms with van der Waals surface area (Å²) in [6, 6.07) is 0.979. The second-order valence-corrected chi connectivity index (χ2v) is 5.67. The van der Waals surface area contributed by atoms with Gasteiger partial charge in [-0.1, -0.05) is 6.42 Å². The van der Waals surface area contributed by atoms with Crippen molar-refractivity contribution in [2.75, 3.05) is 20.1 Å². The minimum atomic E-state index is -0.614. The van der Waals surface area contributed by atoms with Crippen LogP contribution in [0.5, 0.6) is 0 Å². The maximum absolute atomic E-state index is 11.0. The van der Waals surface area contributed by atoms with E-state index in [1.54, 1.807) is 0 Å². The van der Waals surface area contributed by atoms with Crippen LogP contribution in [0.1, 0.15) is 38.5 Å². The molecule has 1 heterocycles. The molecule has 0 aromatic carbocycles. The van der Waals surface area contributed by atoms with E-state index < -0.39 is 5.97 Å². The molecule has 4 heteroatoms. The molecule has 3 atom stereocenters. The molecule has 0 amide bonds. The predicted molar refractivity (Wildman–Crippen MR) is 67.0 cm³/mol. The lowest BCUT2D eigenvalue weighted by Crippen LogP contribution is -2.49. The zero-order valence-corrected chi connectivity index (χ0v) is 10.7. The van der Waals surface area contributed by atoms with E-state index >= 15 is 0 Å². The van der Waals surface area contributed by atoms with Gasteiger partial charge >= 0.3 is 5.97 Å². The third-order valence-corrected chi connectivity index (χ3v) is 4.12. The van der Waals surface area contributed by atoms with Crippen molar-refractivity contribution in [1.82, 2.24) is 10.2 Å². The van der Waals surface area contributed by atoms with Crippen LogP contribution in [0.25, 0.3) is 0 Å². The third kappa shape index (κ3) is 3.68. The number of likely N-dealkylation sites (tertiary alicyclic amines) is 1. The second kappa shape index (κ2) is 5.83. The number of rotatable bonds is 3. The van der Waals surface area contributed by atoms with Gasteiger partial charge in [0.2, 0.25) is 0 Å². The molecule has 0 aromatic heterocycles. The number of carbonyl (C=O) groups is 1. The Labute approximate surface area is 103 Å². The van der Waals surface area contributed by atoms with Gasteiger partial charge in [-0.25, -0.2) is 0 Å². The Balaban J connectivity index is 1.79. The van der Waals surface area contributed by atoms with Crippen molar-refractivity contribution in [1.29, 1.82) is 0 Å². The lowest BCUT2D eigenvalue weighted by molar-refractivity contribution is -0.143. The Kier molecular flexibility index (Phi) is 4.40. The Hall–Kier alpha value is -0.610. The molecule has 1 aliphatic carbocycles. The summed E-state index contributed by atoms with van der Waals surface area (Å²) < 4.78 is 0.